The van der Waals surface area contributed by atoms with E-state index in [1.54, 1.807) is 11.8 Å². The lowest BCUT2D eigenvalue weighted by Gasteiger charge is -2.04. The third-order valence-corrected chi connectivity index (χ3v) is 3.29. The molecule has 0 radical (unpaired) electrons. The summed E-state index contributed by atoms with van der Waals surface area (Å²) in [6.45, 7) is 4.01. The van der Waals surface area contributed by atoms with Gasteiger partial charge in [0.1, 0.15) is 5.03 Å². The maximum atomic E-state index is 5.73. The van der Waals surface area contributed by atoms with Crippen LogP contribution < -0.4 is 5.73 Å². The zero-order valence-electron chi connectivity index (χ0n) is 9.40. The molecule has 0 amide bonds. The molecule has 1 aromatic carbocycles. The molecule has 2 aromatic rings. The van der Waals surface area contributed by atoms with Gasteiger partial charge < -0.3 is 5.73 Å². The number of anilines is 1. The van der Waals surface area contributed by atoms with E-state index < -0.39 is 0 Å². The molecule has 0 saturated heterocycles. The van der Waals surface area contributed by atoms with Crippen molar-refractivity contribution in [2.45, 2.75) is 23.8 Å². The van der Waals surface area contributed by atoms with Gasteiger partial charge in [0, 0.05) is 4.90 Å². The molecule has 0 unspecified atom stereocenters. The molecule has 16 heavy (non-hydrogen) atoms. The van der Waals surface area contributed by atoms with Gasteiger partial charge in [-0.3, -0.25) is 0 Å². The predicted octanol–water partition coefficient (Wildman–Crippen LogP) is 3.43. The van der Waals surface area contributed by atoms with Gasteiger partial charge in [-0.2, -0.15) is 0 Å². The maximum absolute atomic E-state index is 5.73. The average molecular weight is 230 g/mol. The molecule has 0 aliphatic rings. The molecule has 1 aromatic heterocycles. The number of rotatable bonds is 2. The highest BCUT2D eigenvalue weighted by Crippen LogP contribution is 2.27. The summed E-state index contributed by atoms with van der Waals surface area (Å²) in [5.74, 6) is 0. The molecule has 0 atom stereocenters. The van der Waals surface area contributed by atoms with E-state index in [2.05, 4.69) is 36.2 Å². The van der Waals surface area contributed by atoms with E-state index in [4.69, 9.17) is 5.73 Å². The van der Waals surface area contributed by atoms with Gasteiger partial charge in [-0.1, -0.05) is 29.5 Å². The fourth-order valence-corrected chi connectivity index (χ4v) is 2.16. The van der Waals surface area contributed by atoms with Crippen LogP contribution in [0.15, 0.2) is 46.3 Å². The minimum Gasteiger partial charge on any atom is -0.397 e. The standard InChI is InChI=1S/C13H14N2S/c1-9-3-5-11(6-4-9)16-13-8-7-12(14)10(2)15-13/h3-8H,14H2,1-2H3. The van der Waals surface area contributed by atoms with Crippen LogP contribution in [-0.2, 0) is 0 Å². The van der Waals surface area contributed by atoms with Gasteiger partial charge in [-0.05, 0) is 38.1 Å². The van der Waals surface area contributed by atoms with Gasteiger partial charge in [-0.25, -0.2) is 4.98 Å². The second kappa shape index (κ2) is 4.58. The van der Waals surface area contributed by atoms with E-state index in [1.807, 2.05) is 19.1 Å². The van der Waals surface area contributed by atoms with Crippen LogP contribution in [0.2, 0.25) is 0 Å². The monoisotopic (exact) mass is 230 g/mol. The lowest BCUT2D eigenvalue weighted by Crippen LogP contribution is -1.93. The molecular formula is C13H14N2S. The van der Waals surface area contributed by atoms with Crippen LogP contribution in [0.5, 0.6) is 0 Å². The number of nitrogens with two attached hydrogens (primary N) is 1. The number of nitrogen functional groups attached to an aromatic ring is 1. The first kappa shape index (κ1) is 11.0. The molecule has 2 N–H and O–H groups in total. The summed E-state index contributed by atoms with van der Waals surface area (Å²) in [5.41, 5.74) is 8.63. The van der Waals surface area contributed by atoms with Gasteiger partial charge in [0.05, 0.1) is 11.4 Å². The van der Waals surface area contributed by atoms with E-state index in [0.717, 1.165) is 16.4 Å². The Morgan fingerprint density at radius 1 is 1.00 bits per heavy atom. The normalized spacial score (nSPS) is 10.4. The third-order valence-electron chi connectivity index (χ3n) is 2.34. The van der Waals surface area contributed by atoms with Crippen molar-refractivity contribution < 1.29 is 0 Å². The molecule has 0 aliphatic carbocycles. The minimum absolute atomic E-state index is 0.744. The van der Waals surface area contributed by atoms with Crippen LogP contribution in [0.3, 0.4) is 0 Å². The molecule has 0 bridgehead atoms. The molecule has 2 nitrogen and oxygen atoms in total. The number of benzene rings is 1. The summed E-state index contributed by atoms with van der Waals surface area (Å²) in [4.78, 5) is 5.62. The van der Waals surface area contributed by atoms with Gasteiger partial charge in [-0.15, -0.1) is 0 Å². The van der Waals surface area contributed by atoms with E-state index in [1.165, 1.54) is 10.5 Å². The van der Waals surface area contributed by atoms with Crippen LogP contribution in [0, 0.1) is 13.8 Å². The van der Waals surface area contributed by atoms with Gasteiger partial charge in [0.25, 0.3) is 0 Å². The van der Waals surface area contributed by atoms with Crippen molar-refractivity contribution in [3.05, 3.63) is 47.7 Å². The minimum atomic E-state index is 0.744. The Morgan fingerprint density at radius 3 is 2.31 bits per heavy atom. The van der Waals surface area contributed by atoms with Crippen molar-refractivity contribution in [2.24, 2.45) is 0 Å². The van der Waals surface area contributed by atoms with E-state index in [9.17, 15) is 0 Å². The van der Waals surface area contributed by atoms with Crippen LogP contribution in [0.25, 0.3) is 0 Å². The Hall–Kier alpha value is -1.48. The maximum Gasteiger partial charge on any atom is 0.101 e. The summed E-state index contributed by atoms with van der Waals surface area (Å²) in [7, 11) is 0. The summed E-state index contributed by atoms with van der Waals surface area (Å²) in [6, 6.07) is 12.3. The quantitative estimate of drug-likeness (QED) is 0.859. The number of hydrogen-bond acceptors (Lipinski definition) is 3. The summed E-state index contributed by atoms with van der Waals surface area (Å²) < 4.78 is 0. The van der Waals surface area contributed by atoms with Crippen molar-refractivity contribution in [3.63, 3.8) is 0 Å². The molecule has 82 valence electrons. The summed E-state index contributed by atoms with van der Waals surface area (Å²) in [6.07, 6.45) is 0. The topological polar surface area (TPSA) is 38.9 Å². The Balaban J connectivity index is 2.20. The first-order valence-electron chi connectivity index (χ1n) is 5.13. The van der Waals surface area contributed by atoms with Crippen LogP contribution in [0.4, 0.5) is 5.69 Å². The number of hydrogen-bond donors (Lipinski definition) is 1. The Kier molecular flexibility index (Phi) is 3.15. The van der Waals surface area contributed by atoms with Crippen LogP contribution in [0.1, 0.15) is 11.3 Å². The van der Waals surface area contributed by atoms with Crippen molar-refractivity contribution in [1.29, 1.82) is 0 Å². The fraction of sp³-hybridized carbons (Fsp3) is 0.154. The molecule has 0 spiro atoms. The lowest BCUT2D eigenvalue weighted by atomic mass is 10.2. The SMILES string of the molecule is Cc1ccc(Sc2ccc(N)c(C)n2)cc1. The van der Waals surface area contributed by atoms with Gasteiger partial charge >= 0.3 is 0 Å². The average Bonchev–Trinajstić information content (AvgIpc) is 2.27. The largest absolute Gasteiger partial charge is 0.397 e. The summed E-state index contributed by atoms with van der Waals surface area (Å²) >= 11 is 1.65. The number of aromatic nitrogens is 1. The van der Waals surface area contributed by atoms with E-state index in [0.29, 0.717) is 0 Å². The molecule has 3 heteroatoms. The zero-order chi connectivity index (χ0) is 11.5. The predicted molar refractivity (Wildman–Crippen MR) is 68.7 cm³/mol. The highest BCUT2D eigenvalue weighted by atomic mass is 32.2. The first-order chi connectivity index (χ1) is 7.65. The zero-order valence-corrected chi connectivity index (χ0v) is 10.2. The highest BCUT2D eigenvalue weighted by molar-refractivity contribution is 7.99. The summed E-state index contributed by atoms with van der Waals surface area (Å²) in [5, 5.41) is 0.982. The number of aryl methyl sites for hydroxylation is 2. The van der Waals surface area contributed by atoms with Crippen molar-refractivity contribution in [1.82, 2.24) is 4.98 Å². The van der Waals surface area contributed by atoms with E-state index in [-0.39, 0.29) is 0 Å². The fourth-order valence-electron chi connectivity index (χ4n) is 1.33. The number of pyridine rings is 1. The highest BCUT2D eigenvalue weighted by Gasteiger charge is 2.01. The molecule has 0 aliphatic heterocycles. The Bertz CT molecular complexity index is 492. The van der Waals surface area contributed by atoms with Crippen molar-refractivity contribution in [2.75, 3.05) is 5.73 Å². The van der Waals surface area contributed by atoms with Crippen molar-refractivity contribution in [3.8, 4) is 0 Å². The van der Waals surface area contributed by atoms with Crippen LogP contribution >= 0.6 is 11.8 Å². The van der Waals surface area contributed by atoms with E-state index >= 15 is 0 Å². The molecule has 0 saturated carbocycles. The number of nitrogens with zero attached hydrogens (tertiary/aromatic N) is 1. The molecule has 0 fully saturated rings. The Morgan fingerprint density at radius 2 is 1.69 bits per heavy atom. The Labute approximate surface area is 99.9 Å². The molecule has 1 heterocycles. The first-order valence-corrected chi connectivity index (χ1v) is 5.94. The molecular weight excluding hydrogens is 216 g/mol. The smallest absolute Gasteiger partial charge is 0.101 e. The van der Waals surface area contributed by atoms with Crippen molar-refractivity contribution >= 4 is 17.4 Å². The van der Waals surface area contributed by atoms with Gasteiger partial charge in [0.15, 0.2) is 0 Å². The van der Waals surface area contributed by atoms with Crippen LogP contribution in [-0.4, -0.2) is 4.98 Å². The molecule has 2 rings (SSSR count). The van der Waals surface area contributed by atoms with Gasteiger partial charge in [0.2, 0.25) is 0 Å². The third kappa shape index (κ3) is 2.55. The second-order valence-corrected chi connectivity index (χ2v) is 4.83. The lowest BCUT2D eigenvalue weighted by molar-refractivity contribution is 1.07. The second-order valence-electron chi connectivity index (χ2n) is 3.74.